The summed E-state index contributed by atoms with van der Waals surface area (Å²) in [5.74, 6) is 0.536. The van der Waals surface area contributed by atoms with Crippen molar-refractivity contribution in [3.05, 3.63) is 48.7 Å². The van der Waals surface area contributed by atoms with E-state index in [0.717, 1.165) is 11.1 Å². The number of hydrogen-bond donors (Lipinski definition) is 1. The number of anilines is 1. The number of benzene rings is 1. The van der Waals surface area contributed by atoms with Gasteiger partial charge in [0.25, 0.3) is 0 Å². The summed E-state index contributed by atoms with van der Waals surface area (Å²) in [6.07, 6.45) is 2.92. The van der Waals surface area contributed by atoms with Crippen molar-refractivity contribution < 1.29 is 9.53 Å². The van der Waals surface area contributed by atoms with Gasteiger partial charge < -0.3 is 10.1 Å². The van der Waals surface area contributed by atoms with Crippen LogP contribution in [0.1, 0.15) is 12.8 Å². The normalized spacial score (nSPS) is 10.2. The van der Waals surface area contributed by atoms with Crippen LogP contribution in [0.25, 0.3) is 11.1 Å². The average Bonchev–Trinajstić information content (AvgIpc) is 2.49. The van der Waals surface area contributed by atoms with Crippen molar-refractivity contribution in [2.24, 2.45) is 0 Å². The topological polar surface area (TPSA) is 51.2 Å². The lowest BCUT2D eigenvalue weighted by Crippen LogP contribution is -2.12. The molecule has 1 aromatic heterocycles. The summed E-state index contributed by atoms with van der Waals surface area (Å²) in [6, 6.07) is 13.8. The third-order valence-electron chi connectivity index (χ3n) is 2.89. The molecule has 4 nitrogen and oxygen atoms in total. The Morgan fingerprint density at radius 3 is 2.60 bits per heavy atom. The van der Waals surface area contributed by atoms with Gasteiger partial charge in [-0.3, -0.25) is 4.79 Å². The predicted octanol–water partition coefficient (Wildman–Crippen LogP) is 3.11. The first-order valence-electron chi connectivity index (χ1n) is 6.60. The molecule has 0 aliphatic carbocycles. The Morgan fingerprint density at radius 1 is 1.15 bits per heavy atom. The Labute approximate surface area is 118 Å². The molecule has 0 bridgehead atoms. The highest BCUT2D eigenvalue weighted by atomic mass is 16.5. The number of nitrogens with one attached hydrogen (secondary N) is 1. The molecule has 0 atom stereocenters. The van der Waals surface area contributed by atoms with Crippen molar-refractivity contribution in [2.75, 3.05) is 19.0 Å². The molecule has 1 aromatic carbocycles. The number of aromatic nitrogens is 1. The Hall–Kier alpha value is -2.20. The van der Waals surface area contributed by atoms with E-state index in [4.69, 9.17) is 4.74 Å². The van der Waals surface area contributed by atoms with Gasteiger partial charge in [0.15, 0.2) is 0 Å². The van der Waals surface area contributed by atoms with E-state index in [2.05, 4.69) is 10.3 Å². The van der Waals surface area contributed by atoms with Gasteiger partial charge in [0.1, 0.15) is 5.82 Å². The molecular formula is C16H18N2O2. The van der Waals surface area contributed by atoms with Gasteiger partial charge in [-0.05, 0) is 24.1 Å². The van der Waals surface area contributed by atoms with Gasteiger partial charge in [0.2, 0.25) is 5.91 Å². The smallest absolute Gasteiger partial charge is 0.225 e. The molecule has 20 heavy (non-hydrogen) atoms. The van der Waals surface area contributed by atoms with E-state index in [9.17, 15) is 4.79 Å². The second-order valence-corrected chi connectivity index (χ2v) is 4.44. The van der Waals surface area contributed by atoms with Crippen molar-refractivity contribution >= 4 is 11.7 Å². The van der Waals surface area contributed by atoms with Crippen LogP contribution in [-0.2, 0) is 9.53 Å². The molecule has 0 spiro atoms. The Balaban J connectivity index is 1.93. The standard InChI is InChI=1S/C16H18N2O2/c1-20-11-5-8-16(19)18-15-10-9-14(12-17-15)13-6-3-2-4-7-13/h2-4,6-7,9-10,12H,5,8,11H2,1H3,(H,17,18,19). The van der Waals surface area contributed by atoms with Gasteiger partial charge in [0.05, 0.1) is 0 Å². The SMILES string of the molecule is COCCCC(=O)Nc1ccc(-c2ccccc2)cn1. The predicted molar refractivity (Wildman–Crippen MR) is 79.4 cm³/mol. The second-order valence-electron chi connectivity index (χ2n) is 4.44. The van der Waals surface area contributed by atoms with Crippen LogP contribution in [0.2, 0.25) is 0 Å². The van der Waals surface area contributed by atoms with Crippen molar-refractivity contribution in [3.8, 4) is 11.1 Å². The van der Waals surface area contributed by atoms with E-state index in [1.807, 2.05) is 42.5 Å². The number of carbonyl (C=O) groups excluding carboxylic acids is 1. The van der Waals surface area contributed by atoms with E-state index in [1.165, 1.54) is 0 Å². The number of ether oxygens (including phenoxy) is 1. The van der Waals surface area contributed by atoms with E-state index >= 15 is 0 Å². The highest BCUT2D eigenvalue weighted by Gasteiger charge is 2.03. The minimum Gasteiger partial charge on any atom is -0.385 e. The van der Waals surface area contributed by atoms with Crippen LogP contribution in [-0.4, -0.2) is 24.6 Å². The molecule has 4 heteroatoms. The molecule has 2 aromatic rings. The summed E-state index contributed by atoms with van der Waals surface area (Å²) in [5, 5.41) is 2.77. The molecule has 0 saturated heterocycles. The molecule has 104 valence electrons. The van der Waals surface area contributed by atoms with Gasteiger partial charge in [-0.25, -0.2) is 4.98 Å². The Bertz CT molecular complexity index is 538. The van der Waals surface area contributed by atoms with Crippen LogP contribution in [0.15, 0.2) is 48.7 Å². The van der Waals surface area contributed by atoms with E-state index < -0.39 is 0 Å². The van der Waals surface area contributed by atoms with Crippen LogP contribution in [0.4, 0.5) is 5.82 Å². The average molecular weight is 270 g/mol. The number of carbonyl (C=O) groups is 1. The summed E-state index contributed by atoms with van der Waals surface area (Å²) in [4.78, 5) is 15.9. The van der Waals surface area contributed by atoms with Crippen molar-refractivity contribution in [1.82, 2.24) is 4.98 Å². The molecule has 1 heterocycles. The quantitative estimate of drug-likeness (QED) is 0.820. The van der Waals surface area contributed by atoms with Crippen LogP contribution in [0.3, 0.4) is 0 Å². The summed E-state index contributed by atoms with van der Waals surface area (Å²) >= 11 is 0. The number of hydrogen-bond acceptors (Lipinski definition) is 3. The first-order valence-corrected chi connectivity index (χ1v) is 6.60. The fraction of sp³-hybridized carbons (Fsp3) is 0.250. The summed E-state index contributed by atoms with van der Waals surface area (Å²) in [5.41, 5.74) is 2.14. The van der Waals surface area contributed by atoms with E-state index in [0.29, 0.717) is 25.3 Å². The van der Waals surface area contributed by atoms with Gasteiger partial charge >= 0.3 is 0 Å². The largest absolute Gasteiger partial charge is 0.385 e. The number of nitrogens with zero attached hydrogens (tertiary/aromatic N) is 1. The van der Waals surface area contributed by atoms with Gasteiger partial charge in [-0.2, -0.15) is 0 Å². The first-order chi connectivity index (χ1) is 9.79. The molecule has 1 N–H and O–H groups in total. The number of methoxy groups -OCH3 is 1. The summed E-state index contributed by atoms with van der Waals surface area (Å²) in [6.45, 7) is 0.591. The molecule has 2 rings (SSSR count). The molecular weight excluding hydrogens is 252 g/mol. The lowest BCUT2D eigenvalue weighted by atomic mass is 10.1. The summed E-state index contributed by atoms with van der Waals surface area (Å²) < 4.78 is 4.91. The van der Waals surface area contributed by atoms with E-state index in [1.54, 1.807) is 13.3 Å². The fourth-order valence-electron chi connectivity index (χ4n) is 1.85. The van der Waals surface area contributed by atoms with Crippen LogP contribution < -0.4 is 5.32 Å². The molecule has 0 radical (unpaired) electrons. The van der Waals surface area contributed by atoms with Crippen LogP contribution in [0.5, 0.6) is 0 Å². The van der Waals surface area contributed by atoms with Gasteiger partial charge in [-0.1, -0.05) is 30.3 Å². The molecule has 1 amide bonds. The van der Waals surface area contributed by atoms with Crippen molar-refractivity contribution in [1.29, 1.82) is 0 Å². The maximum absolute atomic E-state index is 11.6. The van der Waals surface area contributed by atoms with Gasteiger partial charge in [-0.15, -0.1) is 0 Å². The molecule has 0 fully saturated rings. The Kier molecular flexibility index (Phi) is 5.26. The number of pyridine rings is 1. The summed E-state index contributed by atoms with van der Waals surface area (Å²) in [7, 11) is 1.63. The zero-order valence-corrected chi connectivity index (χ0v) is 11.5. The number of amides is 1. The molecule has 0 saturated carbocycles. The maximum Gasteiger partial charge on any atom is 0.225 e. The minimum absolute atomic E-state index is 0.0398. The third kappa shape index (κ3) is 4.17. The number of rotatable bonds is 6. The van der Waals surface area contributed by atoms with Crippen LogP contribution >= 0.6 is 0 Å². The lowest BCUT2D eigenvalue weighted by Gasteiger charge is -2.06. The van der Waals surface area contributed by atoms with Gasteiger partial charge in [0, 0.05) is 31.9 Å². The molecule has 0 aliphatic heterocycles. The van der Waals surface area contributed by atoms with Crippen molar-refractivity contribution in [2.45, 2.75) is 12.8 Å². The van der Waals surface area contributed by atoms with E-state index in [-0.39, 0.29) is 5.91 Å². The monoisotopic (exact) mass is 270 g/mol. The Morgan fingerprint density at radius 2 is 1.95 bits per heavy atom. The minimum atomic E-state index is -0.0398. The van der Waals surface area contributed by atoms with Crippen LogP contribution in [0, 0.1) is 0 Å². The van der Waals surface area contributed by atoms with Crippen molar-refractivity contribution in [3.63, 3.8) is 0 Å². The zero-order valence-electron chi connectivity index (χ0n) is 11.5. The highest BCUT2D eigenvalue weighted by Crippen LogP contribution is 2.18. The second kappa shape index (κ2) is 7.40. The fourth-order valence-corrected chi connectivity index (χ4v) is 1.85. The highest BCUT2D eigenvalue weighted by molar-refractivity contribution is 5.89. The third-order valence-corrected chi connectivity index (χ3v) is 2.89. The lowest BCUT2D eigenvalue weighted by molar-refractivity contribution is -0.116. The molecule has 0 unspecified atom stereocenters. The first kappa shape index (κ1) is 14.2. The molecule has 0 aliphatic rings. The zero-order chi connectivity index (χ0) is 14.2. The maximum atomic E-state index is 11.6.